The number of nitrogens with one attached hydrogen (secondary N) is 3. The van der Waals surface area contributed by atoms with Crippen molar-refractivity contribution < 1.29 is 27.4 Å². The second kappa shape index (κ2) is 12.9. The highest BCUT2D eigenvalue weighted by atomic mass is 32.2. The molecule has 0 aliphatic carbocycles. The van der Waals surface area contributed by atoms with Crippen LogP contribution in [0.25, 0.3) is 0 Å². The Balaban J connectivity index is 1.39. The van der Waals surface area contributed by atoms with Crippen molar-refractivity contribution in [3.05, 3.63) is 0 Å². The molecule has 2 saturated heterocycles. The molecular weight excluding hydrogens is 432 g/mol. The number of halogens is 1. The van der Waals surface area contributed by atoms with Gasteiger partial charge in [0.1, 0.15) is 0 Å². The molecule has 0 saturated carbocycles. The Labute approximate surface area is 182 Å². The zero-order valence-corrected chi connectivity index (χ0v) is 19.6. The predicted octanol–water partition coefficient (Wildman–Crippen LogP) is 3.91. The number of unbranched alkanes of at least 4 members (excludes halogenated alkanes) is 4. The third kappa shape index (κ3) is 9.54. The van der Waals surface area contributed by atoms with Gasteiger partial charge in [0, 0.05) is 24.0 Å². The van der Waals surface area contributed by atoms with Gasteiger partial charge in [-0.15, -0.1) is 4.20 Å². The van der Waals surface area contributed by atoms with Gasteiger partial charge in [-0.3, -0.25) is 13.8 Å². The van der Waals surface area contributed by atoms with Crippen LogP contribution in [0.15, 0.2) is 0 Å². The van der Waals surface area contributed by atoms with E-state index < -0.39 is 14.0 Å². The Hall–Kier alpha value is -0.830. The smallest absolute Gasteiger partial charge is 0.356 e. The number of amides is 3. The molecule has 2 aliphatic heterocycles. The Bertz CT molecular complexity index is 613. The SMILES string of the molecule is CC(C)O[P@](=O)(F)OCCCCCCNC(=O)CCCC[C@@H]1SC[C@@H]2NC(=O)N[C@H]21. The maximum atomic E-state index is 13.4. The van der Waals surface area contributed by atoms with E-state index in [0.717, 1.165) is 44.3 Å². The molecule has 3 amide bonds. The van der Waals surface area contributed by atoms with E-state index in [2.05, 4.69) is 25.0 Å². The zero-order valence-electron chi connectivity index (χ0n) is 17.9. The fourth-order valence-corrected chi connectivity index (χ4v) is 6.08. The fourth-order valence-electron chi connectivity index (χ4n) is 3.63. The average Bonchev–Trinajstić information content (AvgIpc) is 3.19. The summed E-state index contributed by atoms with van der Waals surface area (Å²) in [7, 11) is -4.43. The van der Waals surface area contributed by atoms with Crippen molar-refractivity contribution >= 4 is 31.6 Å². The summed E-state index contributed by atoms with van der Waals surface area (Å²) in [6.07, 6.45) is 6.00. The number of carbonyl (C=O) groups excluding carboxylic acids is 2. The number of hydrogen-bond donors (Lipinski definition) is 3. The van der Waals surface area contributed by atoms with E-state index in [9.17, 15) is 18.4 Å². The van der Waals surface area contributed by atoms with E-state index in [-0.39, 0.29) is 30.6 Å². The molecule has 3 N–H and O–H groups in total. The molecular formula is C19H35FN3O5PS. The molecule has 2 heterocycles. The summed E-state index contributed by atoms with van der Waals surface area (Å²) in [6, 6.07) is 0.406. The van der Waals surface area contributed by atoms with Crippen molar-refractivity contribution in [2.75, 3.05) is 18.9 Å². The first-order chi connectivity index (χ1) is 14.3. The van der Waals surface area contributed by atoms with Gasteiger partial charge in [0.2, 0.25) is 5.91 Å². The van der Waals surface area contributed by atoms with Crippen molar-refractivity contribution in [2.45, 2.75) is 88.7 Å². The van der Waals surface area contributed by atoms with Crippen molar-refractivity contribution in [1.29, 1.82) is 0 Å². The van der Waals surface area contributed by atoms with Gasteiger partial charge in [-0.25, -0.2) is 9.36 Å². The third-order valence-corrected chi connectivity index (χ3v) is 7.73. The lowest BCUT2D eigenvalue weighted by atomic mass is 10.0. The van der Waals surface area contributed by atoms with Gasteiger partial charge >= 0.3 is 13.9 Å². The van der Waals surface area contributed by atoms with Crippen LogP contribution in [0.5, 0.6) is 0 Å². The van der Waals surface area contributed by atoms with Gasteiger partial charge in [-0.2, -0.15) is 11.8 Å². The molecule has 0 aromatic carbocycles. The van der Waals surface area contributed by atoms with Crippen LogP contribution >= 0.6 is 19.7 Å². The molecule has 0 bridgehead atoms. The summed E-state index contributed by atoms with van der Waals surface area (Å²) in [5, 5.41) is 9.28. The summed E-state index contributed by atoms with van der Waals surface area (Å²) in [6.45, 7) is 3.88. The molecule has 0 unspecified atom stereocenters. The molecule has 2 fully saturated rings. The molecule has 4 atom stereocenters. The highest BCUT2D eigenvalue weighted by molar-refractivity contribution is 8.00. The molecule has 174 valence electrons. The van der Waals surface area contributed by atoms with Gasteiger partial charge in [-0.05, 0) is 39.5 Å². The van der Waals surface area contributed by atoms with Gasteiger partial charge < -0.3 is 16.0 Å². The van der Waals surface area contributed by atoms with E-state index in [1.54, 1.807) is 13.8 Å². The molecule has 11 heteroatoms. The average molecular weight is 468 g/mol. The fraction of sp³-hybridized carbons (Fsp3) is 0.895. The lowest BCUT2D eigenvalue weighted by molar-refractivity contribution is -0.121. The second-order valence-corrected chi connectivity index (χ2v) is 10.7. The van der Waals surface area contributed by atoms with E-state index >= 15 is 0 Å². The minimum absolute atomic E-state index is 0.0630. The number of hydrogen-bond acceptors (Lipinski definition) is 6. The molecule has 8 nitrogen and oxygen atoms in total. The van der Waals surface area contributed by atoms with Crippen LogP contribution in [0.2, 0.25) is 0 Å². The van der Waals surface area contributed by atoms with E-state index in [1.807, 2.05) is 11.8 Å². The first kappa shape index (κ1) is 25.4. The number of fused-ring (bicyclic) bond motifs is 1. The van der Waals surface area contributed by atoms with Crippen LogP contribution in [-0.2, 0) is 18.4 Å². The topological polar surface area (TPSA) is 106 Å². The van der Waals surface area contributed by atoms with Crippen LogP contribution in [0.3, 0.4) is 0 Å². The summed E-state index contributed by atoms with van der Waals surface area (Å²) in [4.78, 5) is 23.3. The van der Waals surface area contributed by atoms with Crippen LogP contribution in [-0.4, -0.2) is 54.3 Å². The molecule has 0 aromatic rings. The Morgan fingerprint density at radius 1 is 1.23 bits per heavy atom. The molecule has 2 rings (SSSR count). The van der Waals surface area contributed by atoms with E-state index in [4.69, 9.17) is 0 Å². The highest BCUT2D eigenvalue weighted by Gasteiger charge is 2.42. The normalized spacial score (nSPS) is 24.9. The predicted molar refractivity (Wildman–Crippen MR) is 116 cm³/mol. The summed E-state index contributed by atoms with van der Waals surface area (Å²) in [5.41, 5.74) is 0. The van der Waals surface area contributed by atoms with Crippen molar-refractivity contribution in [1.82, 2.24) is 16.0 Å². The zero-order chi connectivity index (χ0) is 22.0. The quantitative estimate of drug-likeness (QED) is 0.192. The van der Waals surface area contributed by atoms with Gasteiger partial charge in [0.15, 0.2) is 0 Å². The maximum absolute atomic E-state index is 13.4. The minimum Gasteiger partial charge on any atom is -0.356 e. The standard InChI is InChI=1S/C19H35FN3O5PS/c1-14(2)28-29(20,26)27-12-8-4-3-7-11-21-17(24)10-6-5-9-16-18-15(13-30-16)22-19(25)23-18/h14-16,18H,3-13H2,1-2H3,(H,21,24)(H2,22,23,25)/t15-,16-,18+,29-/m0/s1. The Kier molecular flexibility index (Phi) is 10.9. The summed E-state index contributed by atoms with van der Waals surface area (Å²) < 4.78 is 34.0. The first-order valence-corrected chi connectivity index (χ1v) is 13.3. The lowest BCUT2D eigenvalue weighted by Gasteiger charge is -2.16. The van der Waals surface area contributed by atoms with Gasteiger partial charge in [0.25, 0.3) is 0 Å². The number of thioether (sulfide) groups is 1. The number of carbonyl (C=O) groups is 2. The molecule has 0 spiro atoms. The number of rotatable bonds is 15. The van der Waals surface area contributed by atoms with Gasteiger partial charge in [-0.1, -0.05) is 19.3 Å². The molecule has 30 heavy (non-hydrogen) atoms. The molecule has 0 aromatic heterocycles. The summed E-state index contributed by atoms with van der Waals surface area (Å²) >= 11 is 1.89. The van der Waals surface area contributed by atoms with Crippen molar-refractivity contribution in [2.24, 2.45) is 0 Å². The van der Waals surface area contributed by atoms with Crippen LogP contribution in [0, 0.1) is 0 Å². The molecule has 0 radical (unpaired) electrons. The monoisotopic (exact) mass is 467 g/mol. The first-order valence-electron chi connectivity index (χ1n) is 10.8. The third-order valence-electron chi connectivity index (χ3n) is 5.06. The minimum atomic E-state index is -4.43. The second-order valence-electron chi connectivity index (χ2n) is 8.05. The van der Waals surface area contributed by atoms with Gasteiger partial charge in [0.05, 0.1) is 24.8 Å². The van der Waals surface area contributed by atoms with Crippen LogP contribution < -0.4 is 16.0 Å². The lowest BCUT2D eigenvalue weighted by Crippen LogP contribution is -2.36. The van der Waals surface area contributed by atoms with Crippen molar-refractivity contribution in [3.63, 3.8) is 0 Å². The van der Waals surface area contributed by atoms with Crippen LogP contribution in [0.1, 0.15) is 65.2 Å². The summed E-state index contributed by atoms with van der Waals surface area (Å²) in [5.74, 6) is 1.02. The maximum Gasteiger partial charge on any atom is 0.513 e. The van der Waals surface area contributed by atoms with E-state index in [0.29, 0.717) is 24.6 Å². The largest absolute Gasteiger partial charge is 0.513 e. The Morgan fingerprint density at radius 3 is 2.77 bits per heavy atom. The van der Waals surface area contributed by atoms with E-state index in [1.165, 1.54) is 0 Å². The van der Waals surface area contributed by atoms with Crippen molar-refractivity contribution in [3.8, 4) is 0 Å². The van der Waals surface area contributed by atoms with Crippen LogP contribution in [0.4, 0.5) is 8.99 Å². The highest BCUT2D eigenvalue weighted by Crippen LogP contribution is 2.51. The molecule has 2 aliphatic rings. The number of urea groups is 1. The Morgan fingerprint density at radius 2 is 2.00 bits per heavy atom.